The summed E-state index contributed by atoms with van der Waals surface area (Å²) in [5, 5.41) is 31.5. The van der Waals surface area contributed by atoms with Crippen LogP contribution < -0.4 is 16.8 Å². The molecule has 0 saturated heterocycles. The Bertz CT molecular complexity index is 1510. The Balaban J connectivity index is 1.11. The number of amidine groups is 2. The van der Waals surface area contributed by atoms with Gasteiger partial charge in [-0.25, -0.2) is 4.99 Å². The summed E-state index contributed by atoms with van der Waals surface area (Å²) >= 11 is 2.16. The van der Waals surface area contributed by atoms with E-state index in [-0.39, 0.29) is 28.0 Å². The number of aromatic nitrogens is 2. The normalized spacial score (nSPS) is 13.4. The van der Waals surface area contributed by atoms with E-state index in [9.17, 15) is 9.90 Å². The van der Waals surface area contributed by atoms with Crippen LogP contribution in [0.3, 0.4) is 0 Å². The Morgan fingerprint density at radius 1 is 1.00 bits per heavy atom. The molecule has 0 aliphatic heterocycles. The highest BCUT2D eigenvalue weighted by Crippen LogP contribution is 2.21. The summed E-state index contributed by atoms with van der Waals surface area (Å²) in [6, 6.07) is 15.5. The molecule has 2 unspecified atom stereocenters. The minimum absolute atomic E-state index is 0.0253. The number of H-pyrrole nitrogens is 2. The summed E-state index contributed by atoms with van der Waals surface area (Å²) in [5.74, 6) is -0.255. The molecule has 40 heavy (non-hydrogen) atoms. The van der Waals surface area contributed by atoms with Crippen molar-refractivity contribution in [1.29, 1.82) is 10.8 Å². The van der Waals surface area contributed by atoms with Crippen LogP contribution in [0.25, 0.3) is 21.8 Å². The Kier molecular flexibility index (Phi) is 10.4. The first-order valence-electron chi connectivity index (χ1n) is 13.0. The third-order valence-electron chi connectivity index (χ3n) is 6.29. The maximum atomic E-state index is 12.4. The van der Waals surface area contributed by atoms with Crippen LogP contribution in [-0.2, 0) is 17.6 Å². The average molecular weight is 579 g/mol. The van der Waals surface area contributed by atoms with E-state index in [0.29, 0.717) is 24.3 Å². The molecule has 0 spiro atoms. The minimum atomic E-state index is -0.992. The third-order valence-corrected chi connectivity index (χ3v) is 7.93. The maximum Gasteiger partial charge on any atom is 0.230 e. The number of unbranched alkanes of at least 4 members (excludes halogenated alkanes) is 1. The highest BCUT2D eigenvalue weighted by Gasteiger charge is 2.14. The van der Waals surface area contributed by atoms with Gasteiger partial charge in [0.15, 0.2) is 16.6 Å². The third kappa shape index (κ3) is 8.46. The van der Waals surface area contributed by atoms with Crippen LogP contribution in [0.1, 0.15) is 36.8 Å². The summed E-state index contributed by atoms with van der Waals surface area (Å²) in [7, 11) is 0. The van der Waals surface area contributed by atoms with Gasteiger partial charge in [-0.05, 0) is 66.4 Å². The monoisotopic (exact) mass is 578 g/mol. The van der Waals surface area contributed by atoms with E-state index in [0.717, 1.165) is 69.3 Å². The molecule has 10 N–H and O–H groups in total. The number of thioether (sulfide) groups is 2. The Labute approximate surface area is 240 Å². The number of carbonyl (C=O) groups excluding carboxylic acids is 1. The van der Waals surface area contributed by atoms with E-state index >= 15 is 0 Å². The number of nitrogens with two attached hydrogens (primary N) is 2. The van der Waals surface area contributed by atoms with Gasteiger partial charge in [0.1, 0.15) is 0 Å². The molecule has 4 rings (SSSR count). The lowest BCUT2D eigenvalue weighted by molar-refractivity contribution is -0.118. The van der Waals surface area contributed by atoms with Crippen molar-refractivity contribution >= 4 is 66.6 Å². The summed E-state index contributed by atoms with van der Waals surface area (Å²) < 4.78 is 0. The van der Waals surface area contributed by atoms with Crippen LogP contribution in [0.2, 0.25) is 0 Å². The summed E-state index contributed by atoms with van der Waals surface area (Å²) in [6.45, 7) is 0. The largest absolute Gasteiger partial charge is 0.378 e. The number of aliphatic imine (C=N–C) groups is 1. The van der Waals surface area contributed by atoms with Gasteiger partial charge < -0.3 is 31.9 Å². The van der Waals surface area contributed by atoms with E-state index in [1.807, 2.05) is 60.9 Å². The van der Waals surface area contributed by atoms with Crippen LogP contribution in [0.15, 0.2) is 65.9 Å². The number of nitrogens with zero attached hydrogens (tertiary/aromatic N) is 1. The van der Waals surface area contributed by atoms with Crippen molar-refractivity contribution in [2.75, 3.05) is 0 Å². The van der Waals surface area contributed by atoms with Crippen molar-refractivity contribution in [3.63, 3.8) is 0 Å². The van der Waals surface area contributed by atoms with E-state index in [1.54, 1.807) is 0 Å². The number of fused-ring (bicyclic) bond motifs is 2. The van der Waals surface area contributed by atoms with Crippen molar-refractivity contribution in [1.82, 2.24) is 15.3 Å². The van der Waals surface area contributed by atoms with Gasteiger partial charge in [0, 0.05) is 40.6 Å². The van der Waals surface area contributed by atoms with Gasteiger partial charge in [-0.2, -0.15) is 0 Å². The second-order valence-electron chi connectivity index (χ2n) is 9.35. The lowest BCUT2D eigenvalue weighted by Crippen LogP contribution is -2.32. The molecular weight excluding hydrogens is 544 g/mol. The predicted molar refractivity (Wildman–Crippen MR) is 167 cm³/mol. The molecule has 0 aliphatic rings. The van der Waals surface area contributed by atoms with Gasteiger partial charge in [0.05, 0.1) is 16.8 Å². The van der Waals surface area contributed by atoms with Crippen molar-refractivity contribution in [3.8, 4) is 0 Å². The van der Waals surface area contributed by atoms with Crippen molar-refractivity contribution in [2.24, 2.45) is 16.5 Å². The number of aromatic amines is 2. The Hall–Kier alpha value is -3.58. The van der Waals surface area contributed by atoms with Gasteiger partial charge >= 0.3 is 0 Å². The molecule has 2 atom stereocenters. The Morgan fingerprint density at radius 3 is 2.35 bits per heavy atom. The zero-order valence-electron chi connectivity index (χ0n) is 21.9. The molecule has 0 radical (unpaired) electrons. The smallest absolute Gasteiger partial charge is 0.230 e. The van der Waals surface area contributed by atoms with Crippen LogP contribution in [-0.4, -0.2) is 48.0 Å². The molecule has 2 heterocycles. The fourth-order valence-corrected chi connectivity index (χ4v) is 5.87. The molecule has 1 amide bonds. The van der Waals surface area contributed by atoms with Gasteiger partial charge in [-0.15, -0.1) is 0 Å². The van der Waals surface area contributed by atoms with Crippen molar-refractivity contribution < 1.29 is 9.90 Å². The SMILES string of the molecule is N=C(CCCCC(N)SC(=N)NC(=O)Cc1cccc2[nH]ccc12)S/C(N)=N\C(O)Cc1cccc2[nH]ccc12. The molecule has 0 bridgehead atoms. The van der Waals surface area contributed by atoms with Gasteiger partial charge in [-0.3, -0.25) is 15.6 Å². The standard InChI is InChI=1S/C28H34N8O2S2/c29-23(39-27(31)35-25(37)15-17-5-3-7-21-19(17)11-13-33-21)9-1-2-10-24(30)40-28(32)36-26(38)16-18-6-4-8-22-20(18)12-14-34-22/h3-8,11-14,23,26,30,33-34,38H,1-2,9-10,15-16,29H2,(H2,32,36)(H2,31,35,37). The predicted octanol–water partition coefficient (Wildman–Crippen LogP) is 4.41. The van der Waals surface area contributed by atoms with Crippen LogP contribution in [0, 0.1) is 10.8 Å². The second kappa shape index (κ2) is 14.2. The molecule has 0 fully saturated rings. The fraction of sp³-hybridized carbons (Fsp3) is 0.286. The first-order chi connectivity index (χ1) is 19.3. The molecule has 2 aromatic carbocycles. The molecule has 4 aromatic rings. The first-order valence-corrected chi connectivity index (χ1v) is 14.7. The van der Waals surface area contributed by atoms with E-state index in [4.69, 9.17) is 22.3 Å². The number of carbonyl (C=O) groups is 1. The number of nitrogens with one attached hydrogen (secondary N) is 5. The lowest BCUT2D eigenvalue weighted by Gasteiger charge is -2.13. The number of hydrogen-bond acceptors (Lipinski definition) is 8. The minimum Gasteiger partial charge on any atom is -0.378 e. The van der Waals surface area contributed by atoms with Gasteiger partial charge in [-0.1, -0.05) is 42.4 Å². The molecule has 210 valence electrons. The van der Waals surface area contributed by atoms with E-state index < -0.39 is 6.23 Å². The highest BCUT2D eigenvalue weighted by atomic mass is 32.2. The molecule has 12 heteroatoms. The number of aliphatic hydroxyl groups excluding tert-OH is 1. The molecule has 0 saturated carbocycles. The fourth-order valence-electron chi connectivity index (χ4n) is 4.44. The first kappa shape index (κ1) is 29.4. The molecule has 10 nitrogen and oxygen atoms in total. The summed E-state index contributed by atoms with van der Waals surface area (Å²) in [5.41, 5.74) is 15.9. The van der Waals surface area contributed by atoms with E-state index in [1.165, 1.54) is 0 Å². The number of amides is 1. The number of rotatable bonds is 11. The maximum absolute atomic E-state index is 12.4. The quantitative estimate of drug-likeness (QED) is 0.0562. The zero-order valence-corrected chi connectivity index (χ0v) is 23.6. The number of benzene rings is 2. The van der Waals surface area contributed by atoms with Crippen molar-refractivity contribution in [2.45, 2.75) is 50.1 Å². The lowest BCUT2D eigenvalue weighted by atomic mass is 10.1. The number of hydrogen-bond donors (Lipinski definition) is 8. The average Bonchev–Trinajstić information content (AvgIpc) is 3.57. The van der Waals surface area contributed by atoms with Crippen LogP contribution >= 0.6 is 23.5 Å². The summed E-state index contributed by atoms with van der Waals surface area (Å²) in [4.78, 5) is 22.8. The number of aliphatic hydroxyl groups is 1. The van der Waals surface area contributed by atoms with Crippen LogP contribution in [0.5, 0.6) is 0 Å². The Morgan fingerprint density at radius 2 is 1.65 bits per heavy atom. The van der Waals surface area contributed by atoms with Crippen molar-refractivity contribution in [3.05, 3.63) is 72.1 Å². The van der Waals surface area contributed by atoms with Gasteiger partial charge in [0.25, 0.3) is 0 Å². The van der Waals surface area contributed by atoms with E-state index in [2.05, 4.69) is 20.3 Å². The molecule has 0 aliphatic carbocycles. The summed E-state index contributed by atoms with van der Waals surface area (Å²) in [6.07, 6.45) is 5.85. The second-order valence-corrected chi connectivity index (χ2v) is 11.7. The molecular formula is C28H34N8O2S2. The van der Waals surface area contributed by atoms with Crippen LogP contribution in [0.4, 0.5) is 0 Å². The molecule has 2 aromatic heterocycles. The zero-order chi connectivity index (χ0) is 28.5. The topological polar surface area (TPSA) is 193 Å². The highest BCUT2D eigenvalue weighted by molar-refractivity contribution is 8.26. The van der Waals surface area contributed by atoms with Gasteiger partial charge in [0.2, 0.25) is 5.91 Å².